The van der Waals surface area contributed by atoms with Crippen molar-refractivity contribution in [1.82, 2.24) is 0 Å². The molecule has 0 radical (unpaired) electrons. The van der Waals surface area contributed by atoms with Gasteiger partial charge >= 0.3 is 0 Å². The second-order valence-electron chi connectivity index (χ2n) is 4.88. The average molecular weight is 295 g/mol. The maximum absolute atomic E-state index is 14.0. The first-order valence-corrected chi connectivity index (χ1v) is 6.54. The Labute approximate surface area is 119 Å². The van der Waals surface area contributed by atoms with E-state index in [2.05, 4.69) is 10.0 Å². The van der Waals surface area contributed by atoms with Crippen LogP contribution in [0.15, 0.2) is 35.4 Å². The number of hydrogen-bond acceptors (Lipinski definition) is 5. The van der Waals surface area contributed by atoms with Crippen molar-refractivity contribution in [3.63, 3.8) is 0 Å². The number of hydrogen-bond donors (Lipinski definition) is 1. The number of aliphatic hydroxyl groups is 1. The highest BCUT2D eigenvalue weighted by atomic mass is 19.1. The molecule has 0 spiro atoms. The van der Waals surface area contributed by atoms with Gasteiger partial charge in [0.15, 0.2) is 18.8 Å². The summed E-state index contributed by atoms with van der Waals surface area (Å²) in [5, 5.41) is 12.9. The molecule has 2 fully saturated rings. The molecule has 6 atom stereocenters. The number of ether oxygens (including phenoxy) is 3. The molecule has 2 heterocycles. The highest BCUT2D eigenvalue weighted by molar-refractivity contribution is 5.16. The number of halogens is 1. The van der Waals surface area contributed by atoms with E-state index in [0.29, 0.717) is 0 Å². The third-order valence-electron chi connectivity index (χ3n) is 3.57. The van der Waals surface area contributed by atoms with Crippen LogP contribution in [0.3, 0.4) is 0 Å². The number of benzene rings is 1. The average Bonchev–Trinajstić information content (AvgIpc) is 2.52. The molecule has 0 aliphatic carbocycles. The van der Waals surface area contributed by atoms with Crippen LogP contribution in [0.4, 0.5) is 4.39 Å². The van der Waals surface area contributed by atoms with E-state index >= 15 is 0 Å². The van der Waals surface area contributed by atoms with Gasteiger partial charge in [-0.3, -0.25) is 0 Å². The van der Waals surface area contributed by atoms with Crippen molar-refractivity contribution in [2.75, 3.05) is 6.61 Å². The third-order valence-corrected chi connectivity index (χ3v) is 3.57. The molecule has 21 heavy (non-hydrogen) atoms. The Hall–Kier alpha value is -1.70. The summed E-state index contributed by atoms with van der Waals surface area (Å²) >= 11 is 0. The van der Waals surface area contributed by atoms with Crippen LogP contribution in [0.25, 0.3) is 10.4 Å². The summed E-state index contributed by atoms with van der Waals surface area (Å²) < 4.78 is 30.3. The molecule has 7 nitrogen and oxygen atoms in total. The minimum atomic E-state index is -1.84. The van der Waals surface area contributed by atoms with Crippen molar-refractivity contribution >= 4 is 0 Å². The molecular weight excluding hydrogens is 281 g/mol. The number of fused-ring (bicyclic) bond motifs is 1. The molecule has 2 aliphatic heterocycles. The van der Waals surface area contributed by atoms with E-state index < -0.39 is 37.0 Å². The van der Waals surface area contributed by atoms with E-state index in [-0.39, 0.29) is 6.61 Å². The van der Waals surface area contributed by atoms with E-state index in [0.717, 1.165) is 5.56 Å². The number of nitrogens with zero attached hydrogens (tertiary/aromatic N) is 3. The zero-order valence-electron chi connectivity index (χ0n) is 10.9. The first-order valence-electron chi connectivity index (χ1n) is 6.54. The molecule has 1 aromatic rings. The molecule has 1 N–H and O–H groups in total. The van der Waals surface area contributed by atoms with Crippen molar-refractivity contribution in [2.45, 2.75) is 37.0 Å². The van der Waals surface area contributed by atoms with E-state index in [1.165, 1.54) is 0 Å². The quantitative estimate of drug-likeness (QED) is 0.511. The standard InChI is InChI=1S/C13H14FN3O4/c14-9-10(16-17-15)11-8(20-12(9)18)6-19-13(21-11)7-4-2-1-3-5-7/h1-5,8-13,18H,6H2/t8-,9?,10-,11-,12?,13-/m1/s1. The molecule has 1 aromatic carbocycles. The van der Waals surface area contributed by atoms with Gasteiger partial charge < -0.3 is 19.3 Å². The molecule has 2 unspecified atom stereocenters. The summed E-state index contributed by atoms with van der Waals surface area (Å²) in [5.41, 5.74) is 9.35. The van der Waals surface area contributed by atoms with Gasteiger partial charge in [0, 0.05) is 10.5 Å². The molecule has 0 amide bonds. The van der Waals surface area contributed by atoms with Crippen molar-refractivity contribution in [2.24, 2.45) is 5.11 Å². The zero-order valence-corrected chi connectivity index (χ0v) is 10.9. The topological polar surface area (TPSA) is 96.7 Å². The summed E-state index contributed by atoms with van der Waals surface area (Å²) in [6, 6.07) is 8.00. The summed E-state index contributed by atoms with van der Waals surface area (Å²) in [7, 11) is 0. The fourth-order valence-corrected chi connectivity index (χ4v) is 2.54. The molecule has 0 saturated carbocycles. The van der Waals surface area contributed by atoms with Crippen LogP contribution in [0, 0.1) is 0 Å². The van der Waals surface area contributed by atoms with Crippen LogP contribution in [0.5, 0.6) is 0 Å². The third kappa shape index (κ3) is 2.72. The number of rotatable bonds is 2. The van der Waals surface area contributed by atoms with Crippen LogP contribution in [-0.4, -0.2) is 42.4 Å². The van der Waals surface area contributed by atoms with Crippen LogP contribution in [-0.2, 0) is 14.2 Å². The van der Waals surface area contributed by atoms with Crippen molar-refractivity contribution < 1.29 is 23.7 Å². The second-order valence-corrected chi connectivity index (χ2v) is 4.88. The smallest absolute Gasteiger partial charge is 0.187 e. The lowest BCUT2D eigenvalue weighted by Crippen LogP contribution is -2.59. The summed E-state index contributed by atoms with van der Waals surface area (Å²) in [6.07, 6.45) is -5.66. The minimum absolute atomic E-state index is 0.117. The summed E-state index contributed by atoms with van der Waals surface area (Å²) in [5.74, 6) is 0. The van der Waals surface area contributed by atoms with E-state index in [1.807, 2.05) is 30.3 Å². The molecule has 112 valence electrons. The van der Waals surface area contributed by atoms with Gasteiger partial charge in [0.1, 0.15) is 18.2 Å². The second kappa shape index (κ2) is 5.97. The van der Waals surface area contributed by atoms with Crippen molar-refractivity contribution in [3.8, 4) is 0 Å². The maximum atomic E-state index is 14.0. The highest BCUT2D eigenvalue weighted by Crippen LogP contribution is 2.35. The Morgan fingerprint density at radius 3 is 2.76 bits per heavy atom. The van der Waals surface area contributed by atoms with Gasteiger partial charge in [-0.05, 0) is 5.53 Å². The Bertz CT molecular complexity index is 539. The number of alkyl halides is 1. The molecule has 3 rings (SSSR count). The molecule has 0 bridgehead atoms. The fraction of sp³-hybridized carbons (Fsp3) is 0.538. The van der Waals surface area contributed by atoms with Crippen molar-refractivity contribution in [1.29, 1.82) is 0 Å². The predicted molar refractivity (Wildman–Crippen MR) is 68.7 cm³/mol. The SMILES string of the molecule is [N-]=[N+]=N[C@@H]1C(F)C(O)O[C@@H]2CO[C@@H](c3ccccc3)O[C@@H]12. The lowest BCUT2D eigenvalue weighted by atomic mass is 9.97. The highest BCUT2D eigenvalue weighted by Gasteiger charge is 2.49. The predicted octanol–water partition coefficient (Wildman–Crippen LogP) is 1.83. The van der Waals surface area contributed by atoms with Gasteiger partial charge in [0.2, 0.25) is 0 Å². The Kier molecular flexibility index (Phi) is 4.05. The minimum Gasteiger partial charge on any atom is -0.366 e. The molecule has 2 aliphatic rings. The van der Waals surface area contributed by atoms with Crippen LogP contribution in [0.1, 0.15) is 11.9 Å². The maximum Gasteiger partial charge on any atom is 0.187 e. The van der Waals surface area contributed by atoms with Crippen LogP contribution < -0.4 is 0 Å². The van der Waals surface area contributed by atoms with Crippen LogP contribution >= 0.6 is 0 Å². The van der Waals surface area contributed by atoms with Crippen molar-refractivity contribution in [3.05, 3.63) is 46.3 Å². The van der Waals surface area contributed by atoms with Gasteiger partial charge in [0.05, 0.1) is 6.61 Å². The van der Waals surface area contributed by atoms with Gasteiger partial charge in [-0.1, -0.05) is 35.4 Å². The fourth-order valence-electron chi connectivity index (χ4n) is 2.54. The zero-order chi connectivity index (χ0) is 14.8. The Morgan fingerprint density at radius 1 is 1.29 bits per heavy atom. The molecule has 0 aromatic heterocycles. The van der Waals surface area contributed by atoms with Gasteiger partial charge in [-0.2, -0.15) is 0 Å². The summed E-state index contributed by atoms with van der Waals surface area (Å²) in [6.45, 7) is 0.117. The Balaban J connectivity index is 1.82. The van der Waals surface area contributed by atoms with Crippen LogP contribution in [0.2, 0.25) is 0 Å². The lowest BCUT2D eigenvalue weighted by Gasteiger charge is -2.44. The molecule has 2 saturated heterocycles. The molecule has 8 heteroatoms. The lowest BCUT2D eigenvalue weighted by molar-refractivity contribution is -0.327. The number of azide groups is 1. The molecular formula is C13H14FN3O4. The largest absolute Gasteiger partial charge is 0.366 e. The van der Waals surface area contributed by atoms with E-state index in [1.54, 1.807) is 0 Å². The normalized spacial score (nSPS) is 39.1. The monoisotopic (exact) mass is 295 g/mol. The Morgan fingerprint density at radius 2 is 2.05 bits per heavy atom. The van der Waals surface area contributed by atoms with Gasteiger partial charge in [-0.15, -0.1) is 0 Å². The van der Waals surface area contributed by atoms with Gasteiger partial charge in [-0.25, -0.2) is 4.39 Å². The van der Waals surface area contributed by atoms with Gasteiger partial charge in [0.25, 0.3) is 0 Å². The summed E-state index contributed by atoms with van der Waals surface area (Å²) in [4.78, 5) is 2.63. The van der Waals surface area contributed by atoms with E-state index in [9.17, 15) is 9.50 Å². The van der Waals surface area contributed by atoms with E-state index in [4.69, 9.17) is 19.7 Å². The number of aliphatic hydroxyl groups excluding tert-OH is 1. The first kappa shape index (κ1) is 14.2. The first-order chi connectivity index (χ1) is 10.2.